The maximum Gasteiger partial charge on any atom is 0.162 e. The van der Waals surface area contributed by atoms with Crippen LogP contribution < -0.4 is 15.4 Å². The fourth-order valence-corrected chi connectivity index (χ4v) is 3.26. The highest BCUT2D eigenvalue weighted by Gasteiger charge is 2.30. The fourth-order valence-electron chi connectivity index (χ4n) is 3.08. The van der Waals surface area contributed by atoms with E-state index in [0.717, 1.165) is 22.6 Å². The van der Waals surface area contributed by atoms with Crippen LogP contribution in [0, 0.1) is 5.92 Å². The van der Waals surface area contributed by atoms with Crippen LogP contribution >= 0.6 is 11.6 Å². The van der Waals surface area contributed by atoms with E-state index >= 15 is 0 Å². The summed E-state index contributed by atoms with van der Waals surface area (Å²) in [5.74, 6) is 1.49. The van der Waals surface area contributed by atoms with Crippen LogP contribution in [0.25, 0.3) is 5.70 Å². The van der Waals surface area contributed by atoms with Gasteiger partial charge in [0, 0.05) is 28.3 Å². The Hall–Kier alpha value is -2.17. The molecule has 4 N–H and O–H groups in total. The third-order valence-corrected chi connectivity index (χ3v) is 4.77. The number of methoxy groups -OCH3 is 1. The molecule has 2 aromatic rings. The summed E-state index contributed by atoms with van der Waals surface area (Å²) < 4.78 is 5.35. The van der Waals surface area contributed by atoms with Gasteiger partial charge in [0.05, 0.1) is 12.7 Å². The van der Waals surface area contributed by atoms with Crippen LogP contribution in [0.4, 0.5) is 0 Å². The molecule has 0 aliphatic carbocycles. The molecule has 0 spiro atoms. The highest BCUT2D eigenvalue weighted by atomic mass is 35.5. The van der Waals surface area contributed by atoms with Gasteiger partial charge in [-0.05, 0) is 30.3 Å². The maximum atomic E-state index is 10.3. The summed E-state index contributed by atoms with van der Waals surface area (Å²) in [4.78, 5) is 0. The first-order chi connectivity index (χ1) is 12.0. The summed E-state index contributed by atoms with van der Waals surface area (Å²) in [6.07, 6.45) is 2.31. The number of phenolic OH excluding ortho intramolecular Hbond substituents is 1. The SMILES string of the molecule is COc1cccc(C2=CC(c3cc(Cl)ccc3O)[NH2+]C(C(C)C)N2)c1. The number of aromatic hydroxyl groups is 1. The molecule has 132 valence electrons. The molecular weight excluding hydrogens is 336 g/mol. The van der Waals surface area contributed by atoms with Gasteiger partial charge in [-0.25, -0.2) is 0 Å². The van der Waals surface area contributed by atoms with Crippen molar-refractivity contribution < 1.29 is 15.2 Å². The van der Waals surface area contributed by atoms with Gasteiger partial charge < -0.3 is 20.5 Å². The summed E-state index contributed by atoms with van der Waals surface area (Å²) in [6, 6.07) is 13.1. The van der Waals surface area contributed by atoms with E-state index < -0.39 is 0 Å². The van der Waals surface area contributed by atoms with Gasteiger partial charge in [-0.15, -0.1) is 0 Å². The Morgan fingerprint density at radius 1 is 1.20 bits per heavy atom. The van der Waals surface area contributed by atoms with Gasteiger partial charge >= 0.3 is 0 Å². The number of phenols is 1. The first-order valence-corrected chi connectivity index (χ1v) is 8.82. The van der Waals surface area contributed by atoms with Crippen LogP contribution in [0.3, 0.4) is 0 Å². The van der Waals surface area contributed by atoms with Crippen LogP contribution in [0.1, 0.15) is 31.0 Å². The van der Waals surface area contributed by atoms with E-state index in [4.69, 9.17) is 16.3 Å². The maximum absolute atomic E-state index is 10.3. The smallest absolute Gasteiger partial charge is 0.162 e. The van der Waals surface area contributed by atoms with Crippen molar-refractivity contribution in [3.05, 3.63) is 64.7 Å². The lowest BCUT2D eigenvalue weighted by atomic mass is 9.97. The standard InChI is InChI=1S/C20H23ClN2O2/c1-12(2)20-22-17(13-5-4-6-15(9-13)25-3)11-18(23-20)16-10-14(21)7-8-19(16)24/h4-12,18,20,22-24H,1-3H3/p+1. The second-order valence-electron chi connectivity index (χ2n) is 6.65. The number of quaternary nitrogens is 1. The molecule has 0 fully saturated rings. The van der Waals surface area contributed by atoms with Crippen molar-refractivity contribution in [2.24, 2.45) is 5.92 Å². The van der Waals surface area contributed by atoms with Gasteiger partial charge in [-0.2, -0.15) is 0 Å². The normalized spacial score (nSPS) is 20.1. The highest BCUT2D eigenvalue weighted by molar-refractivity contribution is 6.30. The van der Waals surface area contributed by atoms with Crippen LogP contribution in [-0.4, -0.2) is 18.4 Å². The predicted octanol–water partition coefficient (Wildman–Crippen LogP) is 3.29. The van der Waals surface area contributed by atoms with E-state index in [1.54, 1.807) is 19.2 Å². The number of halogens is 1. The van der Waals surface area contributed by atoms with E-state index in [0.29, 0.717) is 10.9 Å². The van der Waals surface area contributed by atoms with E-state index in [1.807, 2.05) is 24.3 Å². The number of rotatable bonds is 4. The van der Waals surface area contributed by atoms with E-state index in [1.165, 1.54) is 0 Å². The van der Waals surface area contributed by atoms with Crippen LogP contribution in [-0.2, 0) is 0 Å². The molecule has 4 nitrogen and oxygen atoms in total. The minimum absolute atomic E-state index is 0.0199. The minimum atomic E-state index is -0.0199. The van der Waals surface area contributed by atoms with E-state index in [-0.39, 0.29) is 18.0 Å². The Morgan fingerprint density at radius 2 is 2.00 bits per heavy atom. The number of ether oxygens (including phenoxy) is 1. The molecule has 0 bridgehead atoms. The number of benzene rings is 2. The zero-order valence-electron chi connectivity index (χ0n) is 14.7. The Labute approximate surface area is 153 Å². The summed E-state index contributed by atoms with van der Waals surface area (Å²) in [6.45, 7) is 4.36. The van der Waals surface area contributed by atoms with Crippen molar-refractivity contribution in [3.8, 4) is 11.5 Å². The Balaban J connectivity index is 2.03. The summed E-state index contributed by atoms with van der Waals surface area (Å²) in [7, 11) is 1.67. The molecule has 2 aromatic carbocycles. The molecule has 1 aliphatic rings. The van der Waals surface area contributed by atoms with Crippen molar-refractivity contribution in [1.82, 2.24) is 5.32 Å². The van der Waals surface area contributed by atoms with Crippen molar-refractivity contribution in [1.29, 1.82) is 0 Å². The van der Waals surface area contributed by atoms with Gasteiger partial charge in [-0.3, -0.25) is 0 Å². The van der Waals surface area contributed by atoms with E-state index in [9.17, 15) is 5.11 Å². The number of nitrogens with one attached hydrogen (secondary N) is 1. The monoisotopic (exact) mass is 359 g/mol. The molecule has 0 saturated heterocycles. The van der Waals surface area contributed by atoms with E-state index in [2.05, 4.69) is 36.6 Å². The van der Waals surface area contributed by atoms with Crippen molar-refractivity contribution >= 4 is 17.3 Å². The lowest BCUT2D eigenvalue weighted by Crippen LogP contribution is -2.96. The molecule has 0 amide bonds. The lowest BCUT2D eigenvalue weighted by molar-refractivity contribution is -0.729. The molecule has 0 aromatic heterocycles. The van der Waals surface area contributed by atoms with Gasteiger partial charge in [0.1, 0.15) is 17.5 Å². The fraction of sp³-hybridized carbons (Fsp3) is 0.300. The van der Waals surface area contributed by atoms with Crippen molar-refractivity contribution in [2.75, 3.05) is 7.11 Å². The zero-order valence-corrected chi connectivity index (χ0v) is 15.4. The Morgan fingerprint density at radius 3 is 2.72 bits per heavy atom. The first-order valence-electron chi connectivity index (χ1n) is 8.44. The van der Waals surface area contributed by atoms with Crippen molar-refractivity contribution in [3.63, 3.8) is 0 Å². The van der Waals surface area contributed by atoms with Gasteiger partial charge in [0.2, 0.25) is 0 Å². The molecular formula is C20H24ClN2O2+. The second kappa shape index (κ2) is 7.38. The molecule has 0 saturated carbocycles. The van der Waals surface area contributed by atoms with Gasteiger partial charge in [-0.1, -0.05) is 37.6 Å². The number of hydrogen-bond donors (Lipinski definition) is 3. The third-order valence-electron chi connectivity index (χ3n) is 4.53. The molecule has 3 rings (SSSR count). The molecule has 2 unspecified atom stereocenters. The molecule has 25 heavy (non-hydrogen) atoms. The molecule has 1 aliphatic heterocycles. The van der Waals surface area contributed by atoms with Crippen LogP contribution in [0.5, 0.6) is 11.5 Å². The summed E-state index contributed by atoms with van der Waals surface area (Å²) in [5.41, 5.74) is 2.91. The predicted molar refractivity (Wildman–Crippen MR) is 101 cm³/mol. The first kappa shape index (κ1) is 17.6. The average Bonchev–Trinajstić information content (AvgIpc) is 2.63. The number of nitrogens with two attached hydrogens (primary N) is 1. The topological polar surface area (TPSA) is 58.1 Å². The average molecular weight is 360 g/mol. The molecule has 2 atom stereocenters. The highest BCUT2D eigenvalue weighted by Crippen LogP contribution is 2.30. The zero-order chi connectivity index (χ0) is 18.0. The molecule has 1 heterocycles. The van der Waals surface area contributed by atoms with Crippen LogP contribution in [0.2, 0.25) is 5.02 Å². The third kappa shape index (κ3) is 3.91. The van der Waals surface area contributed by atoms with Crippen LogP contribution in [0.15, 0.2) is 48.5 Å². The lowest BCUT2D eigenvalue weighted by Gasteiger charge is -2.32. The quantitative estimate of drug-likeness (QED) is 0.785. The number of hydrogen-bond acceptors (Lipinski definition) is 3. The second-order valence-corrected chi connectivity index (χ2v) is 7.08. The Kier molecular flexibility index (Phi) is 5.21. The summed E-state index contributed by atoms with van der Waals surface area (Å²) in [5, 5.41) is 16.7. The van der Waals surface area contributed by atoms with Gasteiger partial charge in [0.25, 0.3) is 0 Å². The Bertz CT molecular complexity index is 789. The molecule has 0 radical (unpaired) electrons. The largest absolute Gasteiger partial charge is 0.507 e. The summed E-state index contributed by atoms with van der Waals surface area (Å²) >= 11 is 6.15. The van der Waals surface area contributed by atoms with Crippen molar-refractivity contribution in [2.45, 2.75) is 26.1 Å². The minimum Gasteiger partial charge on any atom is -0.507 e. The molecule has 5 heteroatoms. The van der Waals surface area contributed by atoms with Gasteiger partial charge in [0.15, 0.2) is 6.17 Å².